The number of nitrogens with two attached hydrogens (primary N) is 1. The molecule has 1 saturated heterocycles. The minimum Gasteiger partial charge on any atom is -0.369 e. The first kappa shape index (κ1) is 18.0. The van der Waals surface area contributed by atoms with E-state index >= 15 is 0 Å². The fourth-order valence-corrected chi connectivity index (χ4v) is 3.09. The van der Waals surface area contributed by atoms with Crippen LogP contribution in [0.25, 0.3) is 0 Å². The summed E-state index contributed by atoms with van der Waals surface area (Å²) in [5, 5.41) is 3.89. The molecule has 0 spiro atoms. The Hall–Kier alpha value is -1.30. The average Bonchev–Trinajstić information content (AvgIpc) is 2.50. The Morgan fingerprint density at radius 3 is 2.78 bits per heavy atom. The van der Waals surface area contributed by atoms with Crippen LogP contribution < -0.4 is 11.1 Å². The number of piperidine rings is 1. The van der Waals surface area contributed by atoms with Gasteiger partial charge in [0.2, 0.25) is 11.8 Å². The number of nitrogens with one attached hydrogen (secondary N) is 1. The van der Waals surface area contributed by atoms with Crippen LogP contribution in [0.5, 0.6) is 0 Å². The van der Waals surface area contributed by atoms with Crippen LogP contribution in [0, 0.1) is 5.92 Å². The molecule has 0 radical (unpaired) electrons. The summed E-state index contributed by atoms with van der Waals surface area (Å²) in [4.78, 5) is 25.4. The number of hydrogen-bond acceptors (Lipinski definition) is 3. The maximum absolute atomic E-state index is 12.2. The van der Waals surface area contributed by atoms with E-state index in [0.717, 1.165) is 24.9 Å². The molecular formula is C16H21Cl2N3O2. The predicted octanol–water partition coefficient (Wildman–Crippen LogP) is 2.37. The van der Waals surface area contributed by atoms with E-state index in [4.69, 9.17) is 28.9 Å². The Labute approximate surface area is 146 Å². The van der Waals surface area contributed by atoms with Gasteiger partial charge in [-0.25, -0.2) is 0 Å². The van der Waals surface area contributed by atoms with Gasteiger partial charge in [0.15, 0.2) is 0 Å². The quantitative estimate of drug-likeness (QED) is 0.849. The van der Waals surface area contributed by atoms with E-state index in [2.05, 4.69) is 5.32 Å². The maximum atomic E-state index is 12.2. The van der Waals surface area contributed by atoms with E-state index in [1.165, 1.54) is 0 Å². The molecule has 2 rings (SSSR count). The zero-order chi connectivity index (χ0) is 17.0. The molecule has 0 bridgehead atoms. The minimum atomic E-state index is -0.292. The van der Waals surface area contributed by atoms with Crippen LogP contribution in [0.3, 0.4) is 0 Å². The van der Waals surface area contributed by atoms with Crippen molar-refractivity contribution in [3.05, 3.63) is 33.8 Å². The van der Waals surface area contributed by atoms with Crippen molar-refractivity contribution in [1.29, 1.82) is 0 Å². The third-order valence-corrected chi connectivity index (χ3v) is 4.84. The van der Waals surface area contributed by atoms with Gasteiger partial charge < -0.3 is 11.1 Å². The van der Waals surface area contributed by atoms with Crippen molar-refractivity contribution in [3.63, 3.8) is 0 Å². The number of rotatable bonds is 5. The Bertz CT molecular complexity index is 595. The number of amides is 2. The van der Waals surface area contributed by atoms with Gasteiger partial charge in [-0.05, 0) is 44.0 Å². The second-order valence-corrected chi connectivity index (χ2v) is 6.75. The summed E-state index contributed by atoms with van der Waals surface area (Å²) in [7, 11) is 0. The summed E-state index contributed by atoms with van der Waals surface area (Å²) >= 11 is 11.9. The average molecular weight is 358 g/mol. The largest absolute Gasteiger partial charge is 0.369 e. The molecule has 2 amide bonds. The number of benzene rings is 1. The molecule has 1 aromatic carbocycles. The first-order valence-corrected chi connectivity index (χ1v) is 8.38. The number of halogens is 2. The van der Waals surface area contributed by atoms with Crippen molar-refractivity contribution in [2.45, 2.75) is 25.8 Å². The van der Waals surface area contributed by atoms with Gasteiger partial charge in [-0.3, -0.25) is 14.5 Å². The Morgan fingerprint density at radius 2 is 2.13 bits per heavy atom. The Balaban J connectivity index is 1.88. The van der Waals surface area contributed by atoms with Crippen molar-refractivity contribution in [1.82, 2.24) is 10.2 Å². The molecular weight excluding hydrogens is 337 g/mol. The zero-order valence-electron chi connectivity index (χ0n) is 13.0. The lowest BCUT2D eigenvalue weighted by Crippen LogP contribution is -2.45. The highest BCUT2D eigenvalue weighted by Gasteiger charge is 2.25. The molecule has 7 heteroatoms. The third-order valence-electron chi connectivity index (χ3n) is 4.10. The number of likely N-dealkylation sites (tertiary alicyclic amines) is 1. The first-order chi connectivity index (χ1) is 10.9. The van der Waals surface area contributed by atoms with Crippen LogP contribution in [0.1, 0.15) is 31.4 Å². The molecule has 5 nitrogen and oxygen atoms in total. The van der Waals surface area contributed by atoms with E-state index in [1.807, 2.05) is 17.9 Å². The number of hydrogen-bond donors (Lipinski definition) is 2. The number of carbonyl (C=O) groups is 2. The second kappa shape index (κ2) is 7.99. The highest BCUT2D eigenvalue weighted by atomic mass is 35.5. The van der Waals surface area contributed by atoms with Gasteiger partial charge in [-0.15, -0.1) is 0 Å². The lowest BCUT2D eigenvalue weighted by atomic mass is 9.97. The van der Waals surface area contributed by atoms with Gasteiger partial charge in [0.1, 0.15) is 0 Å². The van der Waals surface area contributed by atoms with Crippen molar-refractivity contribution in [3.8, 4) is 0 Å². The Kier molecular flexibility index (Phi) is 6.27. The molecule has 0 aliphatic carbocycles. The van der Waals surface area contributed by atoms with Crippen LogP contribution in [0.2, 0.25) is 10.0 Å². The number of primary amides is 1. The molecule has 1 aliphatic heterocycles. The molecule has 126 valence electrons. The summed E-state index contributed by atoms with van der Waals surface area (Å²) in [6.07, 6.45) is 1.68. The molecule has 0 unspecified atom stereocenters. The molecule has 0 saturated carbocycles. The van der Waals surface area contributed by atoms with Gasteiger partial charge in [0, 0.05) is 6.54 Å². The highest BCUT2D eigenvalue weighted by molar-refractivity contribution is 6.42. The molecule has 23 heavy (non-hydrogen) atoms. The fraction of sp³-hybridized carbons (Fsp3) is 0.500. The fourth-order valence-electron chi connectivity index (χ4n) is 2.79. The summed E-state index contributed by atoms with van der Waals surface area (Å²) in [6, 6.07) is 5.13. The molecule has 1 aromatic rings. The number of nitrogens with zero attached hydrogens (tertiary/aromatic N) is 1. The minimum absolute atomic E-state index is 0.0892. The summed E-state index contributed by atoms with van der Waals surface area (Å²) < 4.78 is 0. The van der Waals surface area contributed by atoms with E-state index in [1.54, 1.807) is 12.1 Å². The highest BCUT2D eigenvalue weighted by Crippen LogP contribution is 2.25. The van der Waals surface area contributed by atoms with Crippen LogP contribution >= 0.6 is 23.2 Å². The lowest BCUT2D eigenvalue weighted by molar-refractivity contribution is -0.127. The zero-order valence-corrected chi connectivity index (χ0v) is 14.5. The van der Waals surface area contributed by atoms with Crippen LogP contribution in [-0.2, 0) is 9.59 Å². The van der Waals surface area contributed by atoms with Crippen molar-refractivity contribution in [2.75, 3.05) is 19.6 Å². The van der Waals surface area contributed by atoms with Crippen molar-refractivity contribution in [2.24, 2.45) is 11.7 Å². The van der Waals surface area contributed by atoms with E-state index in [-0.39, 0.29) is 30.3 Å². The van der Waals surface area contributed by atoms with E-state index in [0.29, 0.717) is 16.6 Å². The molecule has 1 heterocycles. The topological polar surface area (TPSA) is 75.4 Å². The lowest BCUT2D eigenvalue weighted by Gasteiger charge is -2.30. The predicted molar refractivity (Wildman–Crippen MR) is 91.4 cm³/mol. The third kappa shape index (κ3) is 5.09. The van der Waals surface area contributed by atoms with Gasteiger partial charge >= 0.3 is 0 Å². The van der Waals surface area contributed by atoms with Crippen molar-refractivity contribution < 1.29 is 9.59 Å². The van der Waals surface area contributed by atoms with Gasteiger partial charge in [0.05, 0.1) is 28.5 Å². The standard InChI is InChI=1S/C16H21Cl2N3O2/c1-10(11-4-5-13(17)14(18)7-11)20-15(22)9-21-6-2-3-12(8-21)16(19)23/h4-5,7,10,12H,2-3,6,8-9H2,1H3,(H2,19,23)(H,20,22)/t10-,12-/m0/s1. The van der Waals surface area contributed by atoms with Gasteiger partial charge in [0.25, 0.3) is 0 Å². The summed E-state index contributed by atoms with van der Waals surface area (Å²) in [5.41, 5.74) is 6.24. The molecule has 3 N–H and O–H groups in total. The van der Waals surface area contributed by atoms with Gasteiger partial charge in [-0.2, -0.15) is 0 Å². The van der Waals surface area contributed by atoms with E-state index < -0.39 is 0 Å². The van der Waals surface area contributed by atoms with Crippen LogP contribution in [0.15, 0.2) is 18.2 Å². The van der Waals surface area contributed by atoms with Crippen molar-refractivity contribution >= 4 is 35.0 Å². The molecule has 1 fully saturated rings. The molecule has 2 atom stereocenters. The van der Waals surface area contributed by atoms with E-state index in [9.17, 15) is 9.59 Å². The number of carbonyl (C=O) groups excluding carboxylic acids is 2. The Morgan fingerprint density at radius 1 is 1.39 bits per heavy atom. The first-order valence-electron chi connectivity index (χ1n) is 7.63. The maximum Gasteiger partial charge on any atom is 0.234 e. The normalized spacial score (nSPS) is 20.0. The summed E-state index contributed by atoms with van der Waals surface area (Å²) in [5.74, 6) is -0.544. The smallest absolute Gasteiger partial charge is 0.234 e. The molecule has 1 aliphatic rings. The summed E-state index contributed by atoms with van der Waals surface area (Å²) in [6.45, 7) is 3.50. The van der Waals surface area contributed by atoms with Crippen LogP contribution in [-0.4, -0.2) is 36.3 Å². The van der Waals surface area contributed by atoms with Crippen LogP contribution in [0.4, 0.5) is 0 Å². The van der Waals surface area contributed by atoms with Gasteiger partial charge in [-0.1, -0.05) is 29.3 Å². The monoisotopic (exact) mass is 357 g/mol. The second-order valence-electron chi connectivity index (χ2n) is 5.94. The molecule has 0 aromatic heterocycles. The SMILES string of the molecule is C[C@H](NC(=O)CN1CCC[C@H](C(N)=O)C1)c1ccc(Cl)c(Cl)c1.